The lowest BCUT2D eigenvalue weighted by Crippen LogP contribution is -2.34. The summed E-state index contributed by atoms with van der Waals surface area (Å²) in [5.74, 6) is 0. The van der Waals surface area contributed by atoms with Crippen LogP contribution in [-0.4, -0.2) is 31.5 Å². The van der Waals surface area contributed by atoms with Gasteiger partial charge in [0.25, 0.3) is 0 Å². The summed E-state index contributed by atoms with van der Waals surface area (Å²) in [6, 6.07) is 0. The third kappa shape index (κ3) is 3.29. The molecule has 0 rings (SSSR count). The molecule has 0 aliphatic heterocycles. The van der Waals surface area contributed by atoms with Gasteiger partial charge in [-0.3, -0.25) is 0 Å². The van der Waals surface area contributed by atoms with Gasteiger partial charge in [0, 0.05) is 6.54 Å². The zero-order valence-electron chi connectivity index (χ0n) is 7.67. The van der Waals surface area contributed by atoms with E-state index in [-0.39, 0.29) is 0 Å². The Morgan fingerprint density at radius 1 is 1.42 bits per heavy atom. The Balaban J connectivity index is 4.17. The lowest BCUT2D eigenvalue weighted by Gasteiger charge is -2.14. The second kappa shape index (κ2) is 5.04. The van der Waals surface area contributed by atoms with Crippen molar-refractivity contribution in [3.8, 4) is 0 Å². The van der Waals surface area contributed by atoms with E-state index in [1.54, 1.807) is 6.92 Å². The molecule has 0 amide bonds. The van der Waals surface area contributed by atoms with Gasteiger partial charge in [0.2, 0.25) is 0 Å². The molecule has 0 heterocycles. The molecule has 1 N–H and O–H groups in total. The third-order valence-electron chi connectivity index (χ3n) is 1.70. The van der Waals surface area contributed by atoms with Crippen molar-refractivity contribution >= 4 is 21.4 Å². The molecular weight excluding hydrogens is 198 g/mol. The van der Waals surface area contributed by atoms with Crippen LogP contribution in [0.15, 0.2) is 0 Å². The molecule has 5 heteroatoms. The lowest BCUT2D eigenvalue weighted by molar-refractivity contribution is 0.572. The van der Waals surface area contributed by atoms with E-state index >= 15 is 0 Å². The summed E-state index contributed by atoms with van der Waals surface area (Å²) in [4.78, 5) is 0. The Labute approximate surface area is 79.4 Å². The highest BCUT2D eigenvalue weighted by Gasteiger charge is 2.25. The summed E-state index contributed by atoms with van der Waals surface area (Å²) in [5, 5.41) is 2.56. The topological polar surface area (TPSA) is 46.2 Å². The van der Waals surface area contributed by atoms with E-state index < -0.39 is 19.8 Å². The molecule has 0 saturated carbocycles. The van der Waals surface area contributed by atoms with E-state index in [0.717, 1.165) is 6.54 Å². The zero-order chi connectivity index (χ0) is 9.78. The Morgan fingerprint density at radius 2 is 1.92 bits per heavy atom. The number of alkyl halides is 1. The maximum absolute atomic E-state index is 11.4. The molecule has 0 aliphatic carbocycles. The highest BCUT2D eigenvalue weighted by Crippen LogP contribution is 2.11. The van der Waals surface area contributed by atoms with Crippen LogP contribution in [0.2, 0.25) is 0 Å². The summed E-state index contributed by atoms with van der Waals surface area (Å²) in [6.07, 6.45) is 0. The molecule has 3 nitrogen and oxygen atoms in total. The van der Waals surface area contributed by atoms with Crippen LogP contribution >= 0.6 is 11.6 Å². The minimum Gasteiger partial charge on any atom is -0.316 e. The predicted octanol–water partition coefficient (Wildman–Crippen LogP) is 0.984. The first-order valence-corrected chi connectivity index (χ1v) is 6.05. The van der Waals surface area contributed by atoms with Gasteiger partial charge < -0.3 is 5.32 Å². The number of halogens is 1. The first-order valence-electron chi connectivity index (χ1n) is 4.00. The molecule has 0 aromatic carbocycles. The number of nitrogens with one attached hydrogen (secondary N) is 1. The molecule has 0 radical (unpaired) electrons. The molecule has 0 aromatic heterocycles. The molecule has 2 atom stereocenters. The standard InChI is InChI=1S/C7H16ClNO2S/c1-4-9-5-6(2)12(10,11)7(3)8/h6-7,9H,4-5H2,1-3H3. The van der Waals surface area contributed by atoms with E-state index in [4.69, 9.17) is 11.6 Å². The smallest absolute Gasteiger partial charge is 0.170 e. The molecule has 0 saturated heterocycles. The van der Waals surface area contributed by atoms with Crippen molar-refractivity contribution in [2.45, 2.75) is 30.7 Å². The number of hydrogen-bond acceptors (Lipinski definition) is 3. The molecule has 0 bridgehead atoms. The molecule has 2 unspecified atom stereocenters. The van der Waals surface area contributed by atoms with E-state index in [1.165, 1.54) is 6.92 Å². The molecule has 0 fully saturated rings. The fourth-order valence-corrected chi connectivity index (χ4v) is 2.30. The first kappa shape index (κ1) is 12.2. The Kier molecular flexibility index (Phi) is 5.13. The average molecular weight is 214 g/mol. The van der Waals surface area contributed by atoms with E-state index in [2.05, 4.69) is 5.32 Å². The summed E-state index contributed by atoms with van der Waals surface area (Å²) in [5.41, 5.74) is 0. The van der Waals surface area contributed by atoms with Crippen LogP contribution in [0.25, 0.3) is 0 Å². The summed E-state index contributed by atoms with van der Waals surface area (Å²) in [7, 11) is -3.15. The monoisotopic (exact) mass is 213 g/mol. The van der Waals surface area contributed by atoms with Crippen molar-refractivity contribution in [1.29, 1.82) is 0 Å². The molecule has 74 valence electrons. The summed E-state index contributed by atoms with van der Waals surface area (Å²) < 4.78 is 21.9. The van der Waals surface area contributed by atoms with Gasteiger partial charge in [-0.15, -0.1) is 11.6 Å². The maximum atomic E-state index is 11.4. The molecule has 0 aromatic rings. The van der Waals surface area contributed by atoms with E-state index in [9.17, 15) is 8.42 Å². The van der Waals surface area contributed by atoms with Gasteiger partial charge in [-0.2, -0.15) is 0 Å². The van der Waals surface area contributed by atoms with Crippen molar-refractivity contribution < 1.29 is 8.42 Å². The second-order valence-corrected chi connectivity index (χ2v) is 6.35. The third-order valence-corrected chi connectivity index (χ3v) is 4.63. The van der Waals surface area contributed by atoms with Crippen LogP contribution in [0.3, 0.4) is 0 Å². The predicted molar refractivity (Wildman–Crippen MR) is 52.2 cm³/mol. The minimum absolute atomic E-state index is 0.412. The van der Waals surface area contributed by atoms with Crippen LogP contribution in [0.4, 0.5) is 0 Å². The van der Waals surface area contributed by atoms with Gasteiger partial charge in [-0.05, 0) is 20.4 Å². The lowest BCUT2D eigenvalue weighted by atomic mass is 10.5. The van der Waals surface area contributed by atoms with Crippen molar-refractivity contribution in [1.82, 2.24) is 5.32 Å². The van der Waals surface area contributed by atoms with Crippen LogP contribution < -0.4 is 5.32 Å². The molecule has 0 aliphatic rings. The number of sulfone groups is 1. The van der Waals surface area contributed by atoms with Crippen LogP contribution in [0.1, 0.15) is 20.8 Å². The van der Waals surface area contributed by atoms with Crippen molar-refractivity contribution in [2.24, 2.45) is 0 Å². The van der Waals surface area contributed by atoms with Gasteiger partial charge in [0.05, 0.1) is 5.25 Å². The van der Waals surface area contributed by atoms with Crippen LogP contribution in [0, 0.1) is 0 Å². The van der Waals surface area contributed by atoms with Crippen molar-refractivity contribution in [3.63, 3.8) is 0 Å². The fourth-order valence-electron chi connectivity index (χ4n) is 0.784. The van der Waals surface area contributed by atoms with Gasteiger partial charge >= 0.3 is 0 Å². The molecule has 0 spiro atoms. The quantitative estimate of drug-likeness (QED) is 0.693. The second-order valence-electron chi connectivity index (χ2n) is 2.75. The van der Waals surface area contributed by atoms with Crippen LogP contribution in [0.5, 0.6) is 0 Å². The zero-order valence-corrected chi connectivity index (χ0v) is 9.24. The summed E-state index contributed by atoms with van der Waals surface area (Å²) >= 11 is 5.53. The fraction of sp³-hybridized carbons (Fsp3) is 1.00. The normalized spacial score (nSPS) is 17.3. The minimum atomic E-state index is -3.15. The SMILES string of the molecule is CCNCC(C)S(=O)(=O)C(C)Cl. The largest absolute Gasteiger partial charge is 0.316 e. The van der Waals surface area contributed by atoms with Gasteiger partial charge in [-0.1, -0.05) is 6.92 Å². The molecular formula is C7H16ClNO2S. The first-order chi connectivity index (χ1) is 5.42. The Hall–Kier alpha value is 0.200. The number of hydrogen-bond donors (Lipinski definition) is 1. The highest BCUT2D eigenvalue weighted by atomic mass is 35.5. The van der Waals surface area contributed by atoms with Crippen molar-refractivity contribution in [2.75, 3.05) is 13.1 Å². The van der Waals surface area contributed by atoms with Gasteiger partial charge in [0.1, 0.15) is 4.71 Å². The van der Waals surface area contributed by atoms with Gasteiger partial charge in [0.15, 0.2) is 9.84 Å². The molecule has 12 heavy (non-hydrogen) atoms. The van der Waals surface area contributed by atoms with E-state index in [1.807, 2.05) is 6.92 Å². The Bertz CT molecular complexity index is 213. The number of rotatable bonds is 5. The van der Waals surface area contributed by atoms with Crippen LogP contribution in [-0.2, 0) is 9.84 Å². The maximum Gasteiger partial charge on any atom is 0.170 e. The summed E-state index contributed by atoms with van der Waals surface area (Å²) in [6.45, 7) is 6.33. The van der Waals surface area contributed by atoms with Gasteiger partial charge in [-0.25, -0.2) is 8.42 Å². The Morgan fingerprint density at radius 3 is 2.25 bits per heavy atom. The highest BCUT2D eigenvalue weighted by molar-refractivity contribution is 7.93. The van der Waals surface area contributed by atoms with E-state index in [0.29, 0.717) is 6.54 Å². The average Bonchev–Trinajstić information content (AvgIpc) is 1.99. The van der Waals surface area contributed by atoms with Crippen molar-refractivity contribution in [3.05, 3.63) is 0 Å².